The lowest BCUT2D eigenvalue weighted by Crippen LogP contribution is -2.48. The summed E-state index contributed by atoms with van der Waals surface area (Å²) in [7, 11) is 0. The van der Waals surface area contributed by atoms with Crippen LogP contribution in [0.1, 0.15) is 6.92 Å². The fourth-order valence-corrected chi connectivity index (χ4v) is 3.83. The Morgan fingerprint density at radius 3 is 2.62 bits per heavy atom. The molecule has 2 N–H and O–H groups in total. The third-order valence-electron chi connectivity index (χ3n) is 5.36. The Kier molecular flexibility index (Phi) is 3.97. The summed E-state index contributed by atoms with van der Waals surface area (Å²) >= 11 is 0. The molecule has 1 aliphatic heterocycles. The average molecular weight is 396 g/mol. The molecule has 4 aromatic rings. The molecular formula is C20H18F2N6O. The average Bonchev–Trinajstić information content (AvgIpc) is 3.31. The number of anilines is 1. The zero-order valence-electron chi connectivity index (χ0n) is 15.7. The Balaban J connectivity index is 1.49. The minimum absolute atomic E-state index is 0.0941. The van der Waals surface area contributed by atoms with Gasteiger partial charge in [0.15, 0.2) is 5.82 Å². The van der Waals surface area contributed by atoms with Crippen LogP contribution in [0.4, 0.5) is 14.5 Å². The van der Waals surface area contributed by atoms with Crippen molar-refractivity contribution >= 4 is 33.5 Å². The number of carbonyl (C=O) groups is 1. The van der Waals surface area contributed by atoms with Crippen molar-refractivity contribution in [3.8, 4) is 11.5 Å². The molecule has 0 spiro atoms. The fraction of sp³-hybridized carbons (Fsp3) is 0.250. The van der Waals surface area contributed by atoms with Crippen LogP contribution >= 0.6 is 0 Å². The van der Waals surface area contributed by atoms with Gasteiger partial charge in [-0.3, -0.25) is 9.89 Å². The summed E-state index contributed by atoms with van der Waals surface area (Å²) in [4.78, 5) is 23.3. The molecule has 2 aromatic heterocycles. The Hall–Kier alpha value is -3.49. The molecule has 0 bridgehead atoms. The molecule has 0 saturated carbocycles. The maximum absolute atomic E-state index is 14.3. The minimum Gasteiger partial charge on any atom is -0.368 e. The maximum Gasteiger partial charge on any atom is 0.219 e. The molecule has 1 amide bonds. The highest BCUT2D eigenvalue weighted by Crippen LogP contribution is 2.30. The number of carbonyl (C=O) groups excluding carboxylic acids is 1. The molecule has 9 heteroatoms. The summed E-state index contributed by atoms with van der Waals surface area (Å²) in [6.45, 7) is 4.48. The van der Waals surface area contributed by atoms with Crippen molar-refractivity contribution in [2.45, 2.75) is 6.92 Å². The van der Waals surface area contributed by atoms with Gasteiger partial charge in [-0.25, -0.2) is 13.8 Å². The number of nitrogens with zero attached hydrogens (tertiary/aromatic N) is 4. The van der Waals surface area contributed by atoms with Crippen LogP contribution in [0, 0.1) is 11.6 Å². The molecule has 7 nitrogen and oxygen atoms in total. The van der Waals surface area contributed by atoms with Gasteiger partial charge in [0.05, 0.1) is 21.9 Å². The maximum atomic E-state index is 14.3. The van der Waals surface area contributed by atoms with Gasteiger partial charge in [0.1, 0.15) is 17.3 Å². The number of imidazole rings is 1. The summed E-state index contributed by atoms with van der Waals surface area (Å²) in [5.74, 6) is -0.843. The second-order valence-corrected chi connectivity index (χ2v) is 7.16. The molecule has 29 heavy (non-hydrogen) atoms. The van der Waals surface area contributed by atoms with E-state index in [1.165, 1.54) is 6.07 Å². The van der Waals surface area contributed by atoms with Crippen molar-refractivity contribution in [1.82, 2.24) is 25.1 Å². The number of hydrogen-bond acceptors (Lipinski definition) is 4. The lowest BCUT2D eigenvalue weighted by atomic mass is 10.2. The first-order chi connectivity index (χ1) is 14.0. The molecule has 1 saturated heterocycles. The van der Waals surface area contributed by atoms with E-state index in [0.29, 0.717) is 24.6 Å². The summed E-state index contributed by atoms with van der Waals surface area (Å²) in [5, 5.41) is 6.99. The lowest BCUT2D eigenvalue weighted by Gasteiger charge is -2.35. The van der Waals surface area contributed by atoms with Gasteiger partial charge in [-0.1, -0.05) is 0 Å². The number of benzene rings is 2. The monoisotopic (exact) mass is 396 g/mol. The quantitative estimate of drug-likeness (QED) is 0.546. The highest BCUT2D eigenvalue weighted by molar-refractivity contribution is 5.94. The number of hydrogen-bond donors (Lipinski definition) is 2. The molecular weight excluding hydrogens is 378 g/mol. The number of fused-ring (bicyclic) bond motifs is 2. The second-order valence-electron chi connectivity index (χ2n) is 7.16. The van der Waals surface area contributed by atoms with Crippen LogP contribution in [-0.2, 0) is 4.79 Å². The van der Waals surface area contributed by atoms with E-state index in [1.807, 2.05) is 23.1 Å². The Labute approximate surface area is 164 Å². The van der Waals surface area contributed by atoms with Crippen molar-refractivity contribution < 1.29 is 13.6 Å². The molecule has 0 atom stereocenters. The molecule has 148 valence electrons. The number of aromatic nitrogens is 4. The Bertz CT molecular complexity index is 1240. The van der Waals surface area contributed by atoms with Crippen molar-refractivity contribution in [1.29, 1.82) is 0 Å². The predicted molar refractivity (Wildman–Crippen MR) is 106 cm³/mol. The number of aromatic amines is 2. The number of H-pyrrole nitrogens is 2. The fourth-order valence-electron chi connectivity index (χ4n) is 3.83. The van der Waals surface area contributed by atoms with Gasteiger partial charge in [-0.2, -0.15) is 5.10 Å². The molecule has 0 aliphatic carbocycles. The van der Waals surface area contributed by atoms with E-state index in [0.717, 1.165) is 35.9 Å². The van der Waals surface area contributed by atoms with E-state index < -0.39 is 11.6 Å². The third-order valence-corrected chi connectivity index (χ3v) is 5.36. The van der Waals surface area contributed by atoms with Crippen molar-refractivity contribution in [3.63, 3.8) is 0 Å². The summed E-state index contributed by atoms with van der Waals surface area (Å²) in [6, 6.07) is 7.90. The van der Waals surface area contributed by atoms with E-state index in [-0.39, 0.29) is 16.8 Å². The van der Waals surface area contributed by atoms with Crippen molar-refractivity contribution in [2.75, 3.05) is 31.1 Å². The number of amides is 1. The van der Waals surface area contributed by atoms with Crippen molar-refractivity contribution in [2.24, 2.45) is 0 Å². The topological polar surface area (TPSA) is 80.9 Å². The van der Waals surface area contributed by atoms with E-state index in [9.17, 15) is 13.6 Å². The number of rotatable bonds is 2. The molecule has 1 aliphatic rings. The first-order valence-corrected chi connectivity index (χ1v) is 9.33. The predicted octanol–water partition coefficient (Wildman–Crippen LogP) is 3.05. The van der Waals surface area contributed by atoms with E-state index in [1.54, 1.807) is 6.92 Å². The Morgan fingerprint density at radius 1 is 1.07 bits per heavy atom. The van der Waals surface area contributed by atoms with Crippen molar-refractivity contribution in [3.05, 3.63) is 42.0 Å². The van der Waals surface area contributed by atoms with Crippen LogP contribution in [0.5, 0.6) is 0 Å². The molecule has 0 unspecified atom stereocenters. The summed E-state index contributed by atoms with van der Waals surface area (Å²) in [6.07, 6.45) is 0. The van der Waals surface area contributed by atoms with Crippen LogP contribution in [-0.4, -0.2) is 57.2 Å². The number of nitrogens with one attached hydrogen (secondary N) is 2. The highest BCUT2D eigenvalue weighted by Gasteiger charge is 2.20. The van der Waals surface area contributed by atoms with Gasteiger partial charge in [-0.15, -0.1) is 0 Å². The van der Waals surface area contributed by atoms with Gasteiger partial charge >= 0.3 is 0 Å². The standard InChI is InChI=1S/C20H18F2N6O/c1-11(29)27-4-6-28(7-5-27)13-2-3-15-16(10-13)24-20(23-15)19-18-14(22)8-12(21)9-17(18)25-26-19/h2-3,8-10H,4-7H2,1H3,(H,23,24)(H,25,26). The molecule has 3 heterocycles. The second kappa shape index (κ2) is 6.54. The largest absolute Gasteiger partial charge is 0.368 e. The Morgan fingerprint density at radius 2 is 1.86 bits per heavy atom. The zero-order chi connectivity index (χ0) is 20.1. The summed E-state index contributed by atoms with van der Waals surface area (Å²) < 4.78 is 27.7. The summed E-state index contributed by atoms with van der Waals surface area (Å²) in [5.41, 5.74) is 3.14. The van der Waals surface area contributed by atoms with E-state index in [4.69, 9.17) is 0 Å². The van der Waals surface area contributed by atoms with Crippen LogP contribution in [0.25, 0.3) is 33.5 Å². The first-order valence-electron chi connectivity index (χ1n) is 9.33. The van der Waals surface area contributed by atoms with Gasteiger partial charge in [0.2, 0.25) is 5.91 Å². The van der Waals surface area contributed by atoms with Crippen LogP contribution in [0.15, 0.2) is 30.3 Å². The minimum atomic E-state index is -0.687. The van der Waals surface area contributed by atoms with Crippen LogP contribution in [0.2, 0.25) is 0 Å². The first kappa shape index (κ1) is 17.6. The van der Waals surface area contributed by atoms with E-state index in [2.05, 4.69) is 25.1 Å². The molecule has 0 radical (unpaired) electrons. The molecule has 2 aromatic carbocycles. The van der Waals surface area contributed by atoms with Gasteiger partial charge in [-0.05, 0) is 24.3 Å². The van der Waals surface area contributed by atoms with Gasteiger partial charge in [0, 0.05) is 44.9 Å². The number of halogens is 2. The smallest absolute Gasteiger partial charge is 0.219 e. The lowest BCUT2D eigenvalue weighted by molar-refractivity contribution is -0.129. The van der Waals surface area contributed by atoms with E-state index >= 15 is 0 Å². The van der Waals surface area contributed by atoms with Gasteiger partial charge < -0.3 is 14.8 Å². The molecule has 5 rings (SSSR count). The van der Waals surface area contributed by atoms with Crippen LogP contribution in [0.3, 0.4) is 0 Å². The zero-order valence-corrected chi connectivity index (χ0v) is 15.7. The molecule has 1 fully saturated rings. The number of piperazine rings is 1. The normalized spacial score (nSPS) is 14.9. The third kappa shape index (κ3) is 2.98. The van der Waals surface area contributed by atoms with Gasteiger partial charge in [0.25, 0.3) is 0 Å². The van der Waals surface area contributed by atoms with Crippen LogP contribution < -0.4 is 4.90 Å². The highest BCUT2D eigenvalue weighted by atomic mass is 19.1. The SMILES string of the molecule is CC(=O)N1CCN(c2ccc3nc(-c4n[nH]c5cc(F)cc(F)c45)[nH]c3c2)CC1.